The quantitative estimate of drug-likeness (QED) is 0.198. The van der Waals surface area contributed by atoms with Crippen LogP contribution in [0.25, 0.3) is 11.1 Å². The van der Waals surface area contributed by atoms with Gasteiger partial charge in [0.05, 0.1) is 0 Å². The smallest absolute Gasteiger partial charge is 0.115 e. The first-order valence-corrected chi connectivity index (χ1v) is 13.4. The average Bonchev–Trinajstić information content (AvgIpc) is 3.22. The second kappa shape index (κ2) is 10.7. The van der Waals surface area contributed by atoms with Crippen molar-refractivity contribution in [3.63, 3.8) is 0 Å². The summed E-state index contributed by atoms with van der Waals surface area (Å²) < 4.78 is 0. The summed E-state index contributed by atoms with van der Waals surface area (Å²) in [4.78, 5) is 10.1. The lowest BCUT2D eigenvalue weighted by Gasteiger charge is -2.25. The Morgan fingerprint density at radius 3 is 1.76 bits per heavy atom. The Hall–Kier alpha value is -4.19. The highest BCUT2D eigenvalue weighted by Gasteiger charge is 2.29. The fraction of sp³-hybridized carbons (Fsp3) is 0.0606. The van der Waals surface area contributed by atoms with Gasteiger partial charge < -0.3 is 9.80 Å². The van der Waals surface area contributed by atoms with Gasteiger partial charge in [-0.25, -0.2) is 0 Å². The van der Waals surface area contributed by atoms with E-state index >= 15 is 0 Å². The molecule has 4 aromatic carbocycles. The van der Waals surface area contributed by atoms with Crippen LogP contribution in [0.5, 0.6) is 0 Å². The van der Waals surface area contributed by atoms with Crippen molar-refractivity contribution in [3.8, 4) is 11.1 Å². The lowest BCUT2D eigenvalue weighted by Crippen LogP contribution is -2.30. The molecule has 1 aliphatic heterocycles. The number of benzene rings is 4. The van der Waals surface area contributed by atoms with Gasteiger partial charge in [0.2, 0.25) is 0 Å². The van der Waals surface area contributed by atoms with Gasteiger partial charge in [-0.3, -0.25) is 4.98 Å². The lowest BCUT2D eigenvalue weighted by molar-refractivity contribution is 0.635. The van der Waals surface area contributed by atoms with Gasteiger partial charge in [0, 0.05) is 47.1 Å². The number of aromatic nitrogens is 1. The van der Waals surface area contributed by atoms with Crippen molar-refractivity contribution in [2.45, 2.75) is 6.42 Å². The Labute approximate surface area is 234 Å². The summed E-state index contributed by atoms with van der Waals surface area (Å²) in [5.74, 6) is 0. The first kappa shape index (κ1) is 24.2. The van der Waals surface area contributed by atoms with Crippen molar-refractivity contribution in [2.75, 3.05) is 11.4 Å². The molecule has 0 saturated carbocycles. The Balaban J connectivity index is 1.26. The molecule has 184 valence electrons. The van der Waals surface area contributed by atoms with Crippen LogP contribution in [0.1, 0.15) is 16.7 Å². The van der Waals surface area contributed by atoms with E-state index < -0.39 is 0 Å². The maximum atomic E-state index is 5.88. The molecular weight excluding hydrogens is 503 g/mol. The van der Waals surface area contributed by atoms with Crippen molar-refractivity contribution < 1.29 is 0 Å². The molecule has 1 aromatic heterocycles. The Kier molecular flexibility index (Phi) is 6.78. The average molecular weight is 528 g/mol. The van der Waals surface area contributed by atoms with Crippen LogP contribution in [-0.2, 0) is 6.42 Å². The van der Waals surface area contributed by atoms with E-state index in [0.29, 0.717) is 0 Å². The fourth-order valence-electron chi connectivity index (χ4n) is 4.87. The second-order valence-electron chi connectivity index (χ2n) is 9.18. The molecule has 38 heavy (non-hydrogen) atoms. The normalized spacial score (nSPS) is 12.5. The van der Waals surface area contributed by atoms with Crippen LogP contribution < -0.4 is 4.90 Å². The highest BCUT2D eigenvalue weighted by molar-refractivity contribution is 7.82. The van der Waals surface area contributed by atoms with E-state index in [0.717, 1.165) is 62.3 Å². The van der Waals surface area contributed by atoms with E-state index in [1.54, 1.807) is 0 Å². The van der Waals surface area contributed by atoms with Gasteiger partial charge >= 0.3 is 0 Å². The molecule has 0 fully saturated rings. The molecule has 0 aliphatic carbocycles. The number of anilines is 3. The van der Waals surface area contributed by atoms with Gasteiger partial charge in [0.25, 0.3) is 0 Å². The van der Waals surface area contributed by atoms with Crippen LogP contribution in [0.15, 0.2) is 128 Å². The fourth-order valence-corrected chi connectivity index (χ4v) is 5.64. The van der Waals surface area contributed by atoms with Crippen molar-refractivity contribution >= 4 is 51.5 Å². The van der Waals surface area contributed by atoms with Crippen LogP contribution in [0.2, 0.25) is 0 Å². The topological polar surface area (TPSA) is 19.4 Å². The predicted octanol–water partition coefficient (Wildman–Crippen LogP) is 8.13. The number of nitrogens with zero attached hydrogens (tertiary/aromatic N) is 3. The number of pyridine rings is 1. The van der Waals surface area contributed by atoms with E-state index in [1.165, 1.54) is 5.56 Å². The molecule has 3 nitrogen and oxygen atoms in total. The highest BCUT2D eigenvalue weighted by atomic mass is 32.1. The highest BCUT2D eigenvalue weighted by Crippen LogP contribution is 2.36. The molecule has 0 atom stereocenters. The number of hydrogen-bond donors (Lipinski definition) is 0. The van der Waals surface area contributed by atoms with Crippen molar-refractivity contribution in [1.82, 2.24) is 9.88 Å². The first-order valence-electron chi connectivity index (χ1n) is 12.6. The third-order valence-corrected chi connectivity index (χ3v) is 7.71. The third-order valence-electron chi connectivity index (χ3n) is 6.83. The second-order valence-corrected chi connectivity index (χ2v) is 9.95. The van der Waals surface area contributed by atoms with Crippen LogP contribution in [0.4, 0.5) is 17.1 Å². The van der Waals surface area contributed by atoms with Crippen molar-refractivity contribution in [2.24, 2.45) is 0 Å². The summed E-state index contributed by atoms with van der Waals surface area (Å²) in [6.07, 6.45) is 4.51. The zero-order chi connectivity index (χ0) is 25.9. The minimum atomic E-state index is 0.759. The summed E-state index contributed by atoms with van der Waals surface area (Å²) in [6, 6.07) is 40.1. The standard InChI is InChI=1S/C33H25N3S2/c37-32-30-16-13-26(23-31(30)33(38)35(32)22-19-24-17-20-34-21-18-24)25-11-14-29(15-12-25)36(27-7-3-1-4-8-27)28-9-5-2-6-10-28/h1-18,20-21,23H,19,22H2. The SMILES string of the molecule is S=C1c2ccc(-c3ccc(N(c4ccccc4)c4ccccc4)cc3)cc2C(=S)N1CCc1ccncc1. The molecular formula is C33H25N3S2. The van der Waals surface area contributed by atoms with Gasteiger partial charge in [0.1, 0.15) is 9.98 Å². The van der Waals surface area contributed by atoms with Gasteiger partial charge in [-0.05, 0) is 77.7 Å². The summed E-state index contributed by atoms with van der Waals surface area (Å²) >= 11 is 11.7. The Morgan fingerprint density at radius 2 is 1.13 bits per heavy atom. The van der Waals surface area contributed by atoms with Crippen molar-refractivity contribution in [3.05, 3.63) is 144 Å². The third kappa shape index (κ3) is 4.74. The lowest BCUT2D eigenvalue weighted by atomic mass is 10.00. The monoisotopic (exact) mass is 527 g/mol. The van der Waals surface area contributed by atoms with E-state index in [4.69, 9.17) is 24.4 Å². The van der Waals surface area contributed by atoms with Gasteiger partial charge in [-0.2, -0.15) is 0 Å². The maximum absolute atomic E-state index is 5.88. The van der Waals surface area contributed by atoms with E-state index in [2.05, 4.69) is 106 Å². The molecule has 0 saturated heterocycles. The number of para-hydroxylation sites is 2. The van der Waals surface area contributed by atoms with E-state index in [-0.39, 0.29) is 0 Å². The molecule has 5 aromatic rings. The number of thiocarbonyl (C=S) groups is 2. The summed E-state index contributed by atoms with van der Waals surface area (Å²) in [6.45, 7) is 0.759. The largest absolute Gasteiger partial charge is 0.322 e. The number of fused-ring (bicyclic) bond motifs is 1. The molecule has 0 radical (unpaired) electrons. The van der Waals surface area contributed by atoms with Gasteiger partial charge in [-0.15, -0.1) is 0 Å². The molecule has 2 heterocycles. The maximum Gasteiger partial charge on any atom is 0.115 e. The predicted molar refractivity (Wildman–Crippen MR) is 165 cm³/mol. The summed E-state index contributed by atoms with van der Waals surface area (Å²) in [5, 5.41) is 0. The van der Waals surface area contributed by atoms with Gasteiger partial charge in [-0.1, -0.05) is 85.1 Å². The first-order chi connectivity index (χ1) is 18.7. The zero-order valence-electron chi connectivity index (χ0n) is 20.7. The van der Waals surface area contributed by atoms with Crippen LogP contribution in [-0.4, -0.2) is 26.4 Å². The minimum Gasteiger partial charge on any atom is -0.322 e. The van der Waals surface area contributed by atoms with Gasteiger partial charge in [0.15, 0.2) is 0 Å². The summed E-state index contributed by atoms with van der Waals surface area (Å²) in [7, 11) is 0. The van der Waals surface area contributed by atoms with E-state index in [1.807, 2.05) is 36.7 Å². The Bertz CT molecular complexity index is 1550. The molecule has 1 aliphatic rings. The number of hydrogen-bond acceptors (Lipinski definition) is 4. The number of rotatable bonds is 7. The minimum absolute atomic E-state index is 0.759. The molecule has 6 rings (SSSR count). The van der Waals surface area contributed by atoms with Crippen LogP contribution in [0, 0.1) is 0 Å². The van der Waals surface area contributed by atoms with E-state index in [9.17, 15) is 0 Å². The zero-order valence-corrected chi connectivity index (χ0v) is 22.3. The molecule has 0 amide bonds. The molecule has 5 heteroatoms. The molecule has 0 bridgehead atoms. The van der Waals surface area contributed by atoms with Crippen LogP contribution >= 0.6 is 24.4 Å². The molecule has 0 N–H and O–H groups in total. The Morgan fingerprint density at radius 1 is 0.579 bits per heavy atom. The summed E-state index contributed by atoms with van der Waals surface area (Å²) in [5.41, 5.74) is 8.91. The molecule has 0 unspecified atom stereocenters. The van der Waals surface area contributed by atoms with Crippen LogP contribution in [0.3, 0.4) is 0 Å². The van der Waals surface area contributed by atoms with Crippen molar-refractivity contribution in [1.29, 1.82) is 0 Å². The molecule has 0 spiro atoms.